The van der Waals surface area contributed by atoms with Crippen LogP contribution in [0.4, 0.5) is 4.79 Å². The maximum absolute atomic E-state index is 12.1. The lowest BCUT2D eigenvalue weighted by molar-refractivity contribution is -0.130. The van der Waals surface area contributed by atoms with E-state index in [9.17, 15) is 9.59 Å². The highest BCUT2D eigenvalue weighted by Gasteiger charge is 2.29. The number of hydrogen-bond acceptors (Lipinski definition) is 4. The summed E-state index contributed by atoms with van der Waals surface area (Å²) in [5.41, 5.74) is -0.470. The maximum atomic E-state index is 12.1. The predicted molar refractivity (Wildman–Crippen MR) is 76.3 cm³/mol. The average Bonchev–Trinajstić information content (AvgIpc) is 2.35. The van der Waals surface area contributed by atoms with E-state index in [0.717, 1.165) is 25.7 Å². The van der Waals surface area contributed by atoms with E-state index in [1.54, 1.807) is 0 Å². The predicted octanol–water partition coefficient (Wildman–Crippen LogP) is 2.80. The van der Waals surface area contributed by atoms with Crippen LogP contribution in [-0.2, 0) is 14.3 Å². The number of hydrogen-bond donors (Lipinski definition) is 1. The van der Waals surface area contributed by atoms with Crippen molar-refractivity contribution >= 4 is 12.1 Å². The second kappa shape index (κ2) is 7.31. The highest BCUT2D eigenvalue weighted by Crippen LogP contribution is 2.19. The summed E-state index contributed by atoms with van der Waals surface area (Å²) >= 11 is 0. The lowest BCUT2D eigenvalue weighted by Crippen LogP contribution is -2.48. The molecule has 0 radical (unpaired) electrons. The van der Waals surface area contributed by atoms with Gasteiger partial charge in [0.1, 0.15) is 6.10 Å². The number of allylic oxidation sites excluding steroid dienone is 1. The molecule has 0 saturated heterocycles. The van der Waals surface area contributed by atoms with Crippen molar-refractivity contribution in [3.05, 3.63) is 12.2 Å². The molecule has 0 spiro atoms. The summed E-state index contributed by atoms with van der Waals surface area (Å²) in [4.78, 5) is 23.4. The van der Waals surface area contributed by atoms with Crippen LogP contribution in [0.2, 0.25) is 0 Å². The monoisotopic (exact) mass is 283 g/mol. The van der Waals surface area contributed by atoms with Crippen LogP contribution >= 0.6 is 0 Å². The molecule has 5 nitrogen and oxygen atoms in total. The molecule has 0 aromatic heterocycles. The van der Waals surface area contributed by atoms with E-state index in [1.165, 1.54) is 7.11 Å². The van der Waals surface area contributed by atoms with Gasteiger partial charge in [0.25, 0.3) is 0 Å². The summed E-state index contributed by atoms with van der Waals surface area (Å²) in [6.07, 6.45) is 6.43. The molecular formula is C15H25NO4. The molecule has 20 heavy (non-hydrogen) atoms. The van der Waals surface area contributed by atoms with Gasteiger partial charge in [0.15, 0.2) is 0 Å². The first kappa shape index (κ1) is 16.5. The Kier molecular flexibility index (Phi) is 6.05. The van der Waals surface area contributed by atoms with Gasteiger partial charge in [-0.3, -0.25) is 4.79 Å². The number of carbonyl (C=O) groups is 2. The Balaban J connectivity index is 2.79. The van der Waals surface area contributed by atoms with E-state index < -0.39 is 17.7 Å². The standard InChI is InChI=1S/C15H25NO4/c1-15(2,3)13(17)16-11-9-7-5-6-8-10-12(11)20-14(18)19-4/h8,10-12H,5-7,9H2,1-4H3,(H,16,17)/b10-8+. The zero-order valence-electron chi connectivity index (χ0n) is 12.8. The topological polar surface area (TPSA) is 64.6 Å². The van der Waals surface area contributed by atoms with Gasteiger partial charge in [-0.1, -0.05) is 33.3 Å². The fraction of sp³-hybridized carbons (Fsp3) is 0.733. The summed E-state index contributed by atoms with van der Waals surface area (Å²) < 4.78 is 9.78. The van der Waals surface area contributed by atoms with Crippen LogP contribution in [0, 0.1) is 5.41 Å². The number of ether oxygens (including phenoxy) is 2. The van der Waals surface area contributed by atoms with Gasteiger partial charge in [0, 0.05) is 5.41 Å². The molecule has 1 aliphatic rings. The molecule has 0 aliphatic heterocycles. The van der Waals surface area contributed by atoms with Crippen molar-refractivity contribution in [2.75, 3.05) is 7.11 Å². The van der Waals surface area contributed by atoms with Crippen molar-refractivity contribution in [1.29, 1.82) is 0 Å². The molecule has 0 heterocycles. The molecule has 0 fully saturated rings. The van der Waals surface area contributed by atoms with Crippen LogP contribution in [0.5, 0.6) is 0 Å². The van der Waals surface area contributed by atoms with Gasteiger partial charge in [0.05, 0.1) is 13.2 Å². The summed E-state index contributed by atoms with van der Waals surface area (Å²) in [6, 6.07) is -0.211. The van der Waals surface area contributed by atoms with Crippen molar-refractivity contribution in [2.24, 2.45) is 5.41 Å². The van der Waals surface area contributed by atoms with Crippen LogP contribution in [0.25, 0.3) is 0 Å². The molecule has 114 valence electrons. The Labute approximate surface area is 120 Å². The highest BCUT2D eigenvalue weighted by atomic mass is 16.7. The molecular weight excluding hydrogens is 258 g/mol. The van der Waals surface area contributed by atoms with E-state index >= 15 is 0 Å². The summed E-state index contributed by atoms with van der Waals surface area (Å²) in [7, 11) is 1.28. The minimum absolute atomic E-state index is 0.0464. The Morgan fingerprint density at radius 1 is 1.25 bits per heavy atom. The van der Waals surface area contributed by atoms with E-state index in [-0.39, 0.29) is 11.9 Å². The summed E-state index contributed by atoms with van der Waals surface area (Å²) in [5, 5.41) is 2.98. The molecule has 1 rings (SSSR count). The van der Waals surface area contributed by atoms with Gasteiger partial charge < -0.3 is 14.8 Å². The normalized spacial score (nSPS) is 25.0. The first-order valence-electron chi connectivity index (χ1n) is 7.07. The Morgan fingerprint density at radius 2 is 1.95 bits per heavy atom. The van der Waals surface area contributed by atoms with Gasteiger partial charge in [0.2, 0.25) is 5.91 Å². The lowest BCUT2D eigenvalue weighted by Gasteiger charge is -2.29. The third-order valence-electron chi connectivity index (χ3n) is 3.25. The summed E-state index contributed by atoms with van der Waals surface area (Å²) in [5.74, 6) is -0.0464. The quantitative estimate of drug-likeness (QED) is 0.625. The van der Waals surface area contributed by atoms with Gasteiger partial charge in [-0.2, -0.15) is 0 Å². The van der Waals surface area contributed by atoms with E-state index in [1.807, 2.05) is 32.9 Å². The van der Waals surface area contributed by atoms with Crippen LogP contribution < -0.4 is 5.32 Å². The minimum Gasteiger partial charge on any atom is -0.438 e. The Morgan fingerprint density at radius 3 is 2.55 bits per heavy atom. The molecule has 0 aromatic rings. The molecule has 1 N–H and O–H groups in total. The van der Waals surface area contributed by atoms with Crippen molar-refractivity contribution < 1.29 is 19.1 Å². The third kappa shape index (κ3) is 5.23. The largest absolute Gasteiger partial charge is 0.508 e. The van der Waals surface area contributed by atoms with Gasteiger partial charge in [-0.15, -0.1) is 0 Å². The molecule has 2 unspecified atom stereocenters. The first-order valence-corrected chi connectivity index (χ1v) is 7.07. The molecule has 1 amide bonds. The van der Waals surface area contributed by atoms with Crippen molar-refractivity contribution in [2.45, 2.75) is 58.6 Å². The van der Waals surface area contributed by atoms with Crippen LogP contribution in [0.3, 0.4) is 0 Å². The van der Waals surface area contributed by atoms with Crippen molar-refractivity contribution in [3.63, 3.8) is 0 Å². The van der Waals surface area contributed by atoms with E-state index in [0.29, 0.717) is 0 Å². The van der Waals surface area contributed by atoms with E-state index in [2.05, 4.69) is 10.1 Å². The fourth-order valence-corrected chi connectivity index (χ4v) is 1.98. The third-order valence-corrected chi connectivity index (χ3v) is 3.25. The number of methoxy groups -OCH3 is 1. The zero-order valence-corrected chi connectivity index (χ0v) is 12.8. The van der Waals surface area contributed by atoms with Crippen molar-refractivity contribution in [1.82, 2.24) is 5.32 Å². The second-order valence-corrected chi connectivity index (χ2v) is 6.08. The number of nitrogens with one attached hydrogen (secondary N) is 1. The maximum Gasteiger partial charge on any atom is 0.508 e. The Hall–Kier alpha value is -1.52. The molecule has 0 aromatic carbocycles. The minimum atomic E-state index is -0.727. The van der Waals surface area contributed by atoms with Crippen LogP contribution in [0.15, 0.2) is 12.2 Å². The number of carbonyl (C=O) groups excluding carboxylic acids is 2. The molecule has 0 bridgehead atoms. The molecule has 1 aliphatic carbocycles. The van der Waals surface area contributed by atoms with Gasteiger partial charge in [-0.05, 0) is 25.3 Å². The average molecular weight is 283 g/mol. The van der Waals surface area contributed by atoms with Crippen LogP contribution in [0.1, 0.15) is 46.5 Å². The van der Waals surface area contributed by atoms with Crippen molar-refractivity contribution in [3.8, 4) is 0 Å². The smallest absolute Gasteiger partial charge is 0.438 e. The SMILES string of the molecule is COC(=O)OC1/C=C/CCCCC1NC(=O)C(C)(C)C. The second-order valence-electron chi connectivity index (χ2n) is 6.08. The Bertz CT molecular complexity index is 371. The lowest BCUT2D eigenvalue weighted by atomic mass is 9.93. The molecule has 5 heteroatoms. The van der Waals surface area contributed by atoms with E-state index in [4.69, 9.17) is 4.74 Å². The van der Waals surface area contributed by atoms with Crippen LogP contribution in [-0.4, -0.2) is 31.3 Å². The number of amides is 1. The zero-order chi connectivity index (χ0) is 15.2. The molecule has 2 atom stereocenters. The highest BCUT2D eigenvalue weighted by molar-refractivity contribution is 5.81. The summed E-state index contributed by atoms with van der Waals surface area (Å²) in [6.45, 7) is 5.58. The fourth-order valence-electron chi connectivity index (χ4n) is 1.98. The number of rotatable bonds is 2. The first-order chi connectivity index (χ1) is 9.34. The van der Waals surface area contributed by atoms with Gasteiger partial charge in [-0.25, -0.2) is 4.79 Å². The van der Waals surface area contributed by atoms with Gasteiger partial charge >= 0.3 is 6.16 Å². The molecule has 0 saturated carbocycles.